The number of rotatable bonds is 7. The Morgan fingerprint density at radius 2 is 1.71 bits per heavy atom. The molecule has 0 aliphatic carbocycles. The van der Waals surface area contributed by atoms with Crippen molar-refractivity contribution in [3.63, 3.8) is 0 Å². The van der Waals surface area contributed by atoms with Crippen molar-refractivity contribution in [2.24, 2.45) is 5.10 Å². The van der Waals surface area contributed by atoms with Crippen LogP contribution in [0.25, 0.3) is 11.3 Å². The van der Waals surface area contributed by atoms with Crippen molar-refractivity contribution in [2.45, 2.75) is 13.8 Å². The predicted octanol–water partition coefficient (Wildman–Crippen LogP) is 6.03. The van der Waals surface area contributed by atoms with E-state index in [4.69, 9.17) is 0 Å². The lowest BCUT2D eigenvalue weighted by molar-refractivity contribution is -0.384. The molecule has 170 valence electrons. The van der Waals surface area contributed by atoms with Gasteiger partial charge in [0, 0.05) is 28.8 Å². The smallest absolute Gasteiger partial charge is 0.270 e. The molecular formula is C25H21N5O3S. The monoisotopic (exact) mass is 471 g/mol. The van der Waals surface area contributed by atoms with E-state index in [1.54, 1.807) is 24.3 Å². The zero-order chi connectivity index (χ0) is 24.1. The van der Waals surface area contributed by atoms with E-state index in [1.165, 1.54) is 29.7 Å². The first kappa shape index (κ1) is 22.8. The number of nitro groups is 1. The second kappa shape index (κ2) is 10.1. The highest BCUT2D eigenvalue weighted by Gasteiger charge is 2.16. The van der Waals surface area contributed by atoms with Crippen LogP contribution in [-0.4, -0.2) is 22.0 Å². The van der Waals surface area contributed by atoms with E-state index in [-0.39, 0.29) is 11.6 Å². The minimum Gasteiger partial charge on any atom is -0.312 e. The van der Waals surface area contributed by atoms with Gasteiger partial charge in [0.25, 0.3) is 11.6 Å². The van der Waals surface area contributed by atoms with Gasteiger partial charge >= 0.3 is 0 Å². The highest BCUT2D eigenvalue weighted by Crippen LogP contribution is 2.36. The van der Waals surface area contributed by atoms with Gasteiger partial charge < -0.3 is 5.32 Å². The second-order valence-corrected chi connectivity index (χ2v) is 8.60. The van der Waals surface area contributed by atoms with Crippen molar-refractivity contribution in [3.05, 3.63) is 105 Å². The molecule has 4 aromatic rings. The van der Waals surface area contributed by atoms with Gasteiger partial charge in [-0.25, -0.2) is 4.98 Å². The summed E-state index contributed by atoms with van der Waals surface area (Å²) in [4.78, 5) is 27.9. The highest BCUT2D eigenvalue weighted by atomic mass is 32.1. The van der Waals surface area contributed by atoms with Crippen molar-refractivity contribution in [2.75, 3.05) is 10.7 Å². The van der Waals surface area contributed by atoms with Gasteiger partial charge in [0.05, 0.1) is 11.1 Å². The van der Waals surface area contributed by atoms with Gasteiger partial charge in [0.1, 0.15) is 10.7 Å². The summed E-state index contributed by atoms with van der Waals surface area (Å²) >= 11 is 1.25. The van der Waals surface area contributed by atoms with E-state index in [9.17, 15) is 14.9 Å². The molecule has 9 heteroatoms. The molecule has 0 saturated carbocycles. The molecule has 2 N–H and O–H groups in total. The summed E-state index contributed by atoms with van der Waals surface area (Å²) < 4.78 is 0. The van der Waals surface area contributed by atoms with Crippen molar-refractivity contribution in [3.8, 4) is 11.3 Å². The van der Waals surface area contributed by atoms with Crippen LogP contribution >= 0.6 is 11.3 Å². The van der Waals surface area contributed by atoms with Gasteiger partial charge in [-0.05, 0) is 26.0 Å². The number of nitrogens with zero attached hydrogens (tertiary/aromatic N) is 3. The number of amides is 1. The summed E-state index contributed by atoms with van der Waals surface area (Å²) in [5.74, 6) is -0.233. The molecule has 0 fully saturated rings. The zero-order valence-corrected chi connectivity index (χ0v) is 19.3. The lowest BCUT2D eigenvalue weighted by Gasteiger charge is -2.06. The number of benzene rings is 3. The second-order valence-electron chi connectivity index (χ2n) is 7.61. The molecule has 0 aliphatic rings. The quantitative estimate of drug-likeness (QED) is 0.194. The lowest BCUT2D eigenvalue weighted by Crippen LogP contribution is -2.11. The van der Waals surface area contributed by atoms with Gasteiger partial charge in [-0.15, -0.1) is 0 Å². The first-order valence-electron chi connectivity index (χ1n) is 10.4. The fourth-order valence-corrected chi connectivity index (χ4v) is 3.95. The number of anilines is 2. The lowest BCUT2D eigenvalue weighted by atomic mass is 10.1. The molecule has 0 radical (unpaired) electrons. The van der Waals surface area contributed by atoms with E-state index >= 15 is 0 Å². The number of aryl methyl sites for hydroxylation is 2. The summed E-state index contributed by atoms with van der Waals surface area (Å²) in [6, 6.07) is 21.3. The largest absolute Gasteiger partial charge is 0.312 e. The third-order valence-electron chi connectivity index (χ3n) is 4.95. The van der Waals surface area contributed by atoms with Crippen LogP contribution in [0, 0.1) is 24.0 Å². The summed E-state index contributed by atoms with van der Waals surface area (Å²) in [6.45, 7) is 3.97. The summed E-state index contributed by atoms with van der Waals surface area (Å²) in [5, 5.41) is 19.1. The minimum absolute atomic E-state index is 0.0130. The molecule has 0 spiro atoms. The molecule has 0 atom stereocenters. The number of hydrazone groups is 1. The van der Waals surface area contributed by atoms with E-state index < -0.39 is 4.92 Å². The van der Waals surface area contributed by atoms with Crippen LogP contribution in [0.1, 0.15) is 27.0 Å². The Bertz CT molecular complexity index is 1360. The topological polar surface area (TPSA) is 110 Å². The van der Waals surface area contributed by atoms with E-state index in [0.717, 1.165) is 16.7 Å². The summed E-state index contributed by atoms with van der Waals surface area (Å²) in [5.41, 5.74) is 7.64. The van der Waals surface area contributed by atoms with Crippen LogP contribution in [0.3, 0.4) is 0 Å². The molecule has 4 rings (SSSR count). The molecule has 3 aromatic carbocycles. The molecule has 0 aliphatic heterocycles. The van der Waals surface area contributed by atoms with Crippen molar-refractivity contribution < 1.29 is 9.72 Å². The third-order valence-corrected chi connectivity index (χ3v) is 5.82. The van der Waals surface area contributed by atoms with Gasteiger partial charge in [0.15, 0.2) is 0 Å². The van der Waals surface area contributed by atoms with Crippen molar-refractivity contribution in [1.82, 2.24) is 4.98 Å². The Morgan fingerprint density at radius 3 is 2.38 bits per heavy atom. The molecule has 8 nitrogen and oxygen atoms in total. The van der Waals surface area contributed by atoms with E-state index in [1.807, 2.05) is 50.2 Å². The van der Waals surface area contributed by atoms with Crippen LogP contribution < -0.4 is 10.7 Å². The number of non-ortho nitro benzene ring substituents is 1. The number of thiazole rings is 1. The Morgan fingerprint density at radius 1 is 1.03 bits per heavy atom. The van der Waals surface area contributed by atoms with E-state index in [0.29, 0.717) is 27.0 Å². The molecule has 1 heterocycles. The highest BCUT2D eigenvalue weighted by molar-refractivity contribution is 7.20. The molecule has 1 amide bonds. The first-order chi connectivity index (χ1) is 16.4. The van der Waals surface area contributed by atoms with Gasteiger partial charge in [-0.3, -0.25) is 20.3 Å². The predicted molar refractivity (Wildman–Crippen MR) is 136 cm³/mol. The number of hydrogen-bond donors (Lipinski definition) is 2. The maximum Gasteiger partial charge on any atom is 0.270 e. The molecule has 34 heavy (non-hydrogen) atoms. The van der Waals surface area contributed by atoms with Crippen molar-refractivity contribution in [1.29, 1.82) is 0 Å². The maximum atomic E-state index is 12.8. The minimum atomic E-state index is -0.456. The molecule has 1 aromatic heterocycles. The molecule has 0 unspecified atom stereocenters. The van der Waals surface area contributed by atoms with Crippen LogP contribution in [0.15, 0.2) is 77.9 Å². The van der Waals surface area contributed by atoms with Crippen LogP contribution in [0.2, 0.25) is 0 Å². The summed E-state index contributed by atoms with van der Waals surface area (Å²) in [7, 11) is 0. The molecular weight excluding hydrogens is 450 g/mol. The average molecular weight is 472 g/mol. The Labute approximate surface area is 200 Å². The van der Waals surface area contributed by atoms with Gasteiger partial charge in [-0.1, -0.05) is 71.0 Å². The Kier molecular flexibility index (Phi) is 6.74. The summed E-state index contributed by atoms with van der Waals surface area (Å²) in [6.07, 6.45) is 1.48. The number of hydrogen-bond acceptors (Lipinski definition) is 7. The standard InChI is InChI=1S/C25H21N5O3S/c1-16-6-10-19(11-7-16)22-24(28-23(31)20-12-8-17(2)9-13-20)34-25(27-22)29-26-15-18-4-3-5-21(14-18)30(32)33/h3-15H,1-2H3,(H,27,29)(H,28,31)/b26-15-. The van der Waals surface area contributed by atoms with Crippen molar-refractivity contribution >= 4 is 39.3 Å². The fourth-order valence-electron chi connectivity index (χ4n) is 3.12. The molecule has 0 bridgehead atoms. The van der Waals surface area contributed by atoms with Crippen LogP contribution in [0.4, 0.5) is 15.8 Å². The maximum absolute atomic E-state index is 12.8. The number of aromatic nitrogens is 1. The Hall–Kier alpha value is -4.37. The van der Waals surface area contributed by atoms with Gasteiger partial charge in [0.2, 0.25) is 5.13 Å². The third kappa shape index (κ3) is 5.51. The average Bonchev–Trinajstić information content (AvgIpc) is 3.22. The number of carbonyl (C=O) groups is 1. The van der Waals surface area contributed by atoms with Gasteiger partial charge in [-0.2, -0.15) is 5.10 Å². The first-order valence-corrected chi connectivity index (χ1v) is 11.2. The normalized spacial score (nSPS) is 10.9. The van der Waals surface area contributed by atoms with Crippen LogP contribution in [0.5, 0.6) is 0 Å². The zero-order valence-electron chi connectivity index (χ0n) is 18.5. The van der Waals surface area contributed by atoms with E-state index in [2.05, 4.69) is 20.8 Å². The Balaban J connectivity index is 1.59. The number of nitro benzene ring substituents is 1. The van der Waals surface area contributed by atoms with Crippen LogP contribution in [-0.2, 0) is 0 Å². The number of carbonyl (C=O) groups excluding carboxylic acids is 1. The SMILES string of the molecule is Cc1ccc(C(=O)Nc2sc(N/N=C\c3cccc([N+](=O)[O-])c3)nc2-c2ccc(C)cc2)cc1. The molecule has 0 saturated heterocycles. The number of nitrogens with one attached hydrogen (secondary N) is 2. The fraction of sp³-hybridized carbons (Fsp3) is 0.0800.